The lowest BCUT2D eigenvalue weighted by Gasteiger charge is -2.14. The Kier molecular flexibility index (Phi) is 5.08. The number of aromatic nitrogens is 3. The highest BCUT2D eigenvalue weighted by Gasteiger charge is 2.16. The summed E-state index contributed by atoms with van der Waals surface area (Å²) in [5.74, 6) is -0.0866. The number of amides is 1. The van der Waals surface area contributed by atoms with Gasteiger partial charge in [0.25, 0.3) is 0 Å². The summed E-state index contributed by atoms with van der Waals surface area (Å²) in [6, 6.07) is 5.79. The summed E-state index contributed by atoms with van der Waals surface area (Å²) in [4.78, 5) is 18.4. The van der Waals surface area contributed by atoms with Gasteiger partial charge >= 0.3 is 0 Å². The van der Waals surface area contributed by atoms with Gasteiger partial charge in [-0.3, -0.25) is 9.48 Å². The van der Waals surface area contributed by atoms with E-state index in [1.54, 1.807) is 0 Å². The highest BCUT2D eigenvalue weighted by molar-refractivity contribution is 6.09. The van der Waals surface area contributed by atoms with Crippen LogP contribution in [0.5, 0.6) is 0 Å². The Morgan fingerprint density at radius 3 is 2.77 bits per heavy atom. The molecule has 0 aliphatic heterocycles. The van der Waals surface area contributed by atoms with Crippen molar-refractivity contribution < 1.29 is 4.79 Å². The zero-order valence-electron chi connectivity index (χ0n) is 16.1. The van der Waals surface area contributed by atoms with Crippen LogP contribution in [0.2, 0.25) is 0 Å². The molecule has 1 amide bonds. The van der Waals surface area contributed by atoms with Crippen molar-refractivity contribution in [1.29, 1.82) is 0 Å². The van der Waals surface area contributed by atoms with Gasteiger partial charge in [-0.1, -0.05) is 0 Å². The minimum absolute atomic E-state index is 0.0866. The molecular formula is C19H26N6O. The molecule has 0 saturated carbocycles. The summed E-state index contributed by atoms with van der Waals surface area (Å²) in [5.41, 5.74) is 4.48. The van der Waals surface area contributed by atoms with Crippen molar-refractivity contribution >= 4 is 39.2 Å². The van der Waals surface area contributed by atoms with E-state index in [0.717, 1.165) is 58.5 Å². The van der Waals surface area contributed by atoms with E-state index in [2.05, 4.69) is 34.7 Å². The molecule has 3 aromatic rings. The summed E-state index contributed by atoms with van der Waals surface area (Å²) < 4.78 is 1.82. The predicted molar refractivity (Wildman–Crippen MR) is 107 cm³/mol. The van der Waals surface area contributed by atoms with Crippen molar-refractivity contribution in [2.24, 2.45) is 7.05 Å². The lowest BCUT2D eigenvalue weighted by molar-refractivity contribution is -0.114. The first-order chi connectivity index (χ1) is 12.4. The van der Waals surface area contributed by atoms with Crippen molar-refractivity contribution in [1.82, 2.24) is 19.7 Å². The topological polar surface area (TPSA) is 75.1 Å². The lowest BCUT2D eigenvalue weighted by atomic mass is 10.1. The van der Waals surface area contributed by atoms with Crippen molar-refractivity contribution in [2.45, 2.75) is 20.3 Å². The van der Waals surface area contributed by atoms with E-state index in [0.29, 0.717) is 0 Å². The van der Waals surface area contributed by atoms with Gasteiger partial charge in [-0.25, -0.2) is 4.98 Å². The summed E-state index contributed by atoms with van der Waals surface area (Å²) in [6.45, 7) is 5.38. The molecule has 0 saturated heterocycles. The van der Waals surface area contributed by atoms with Gasteiger partial charge in [-0.05, 0) is 52.2 Å². The van der Waals surface area contributed by atoms with E-state index in [4.69, 9.17) is 4.98 Å². The predicted octanol–water partition coefficient (Wildman–Crippen LogP) is 2.75. The number of hydrogen-bond donors (Lipinski definition) is 2. The van der Waals surface area contributed by atoms with E-state index in [1.807, 2.05) is 36.9 Å². The third kappa shape index (κ3) is 3.62. The number of nitrogens with one attached hydrogen (secondary N) is 2. The molecule has 26 heavy (non-hydrogen) atoms. The first-order valence-corrected chi connectivity index (χ1v) is 8.80. The molecule has 0 aliphatic rings. The Bertz CT molecular complexity index is 960. The molecule has 138 valence electrons. The first kappa shape index (κ1) is 18.1. The summed E-state index contributed by atoms with van der Waals surface area (Å²) in [6.07, 6.45) is 1.03. The molecule has 0 bridgehead atoms. The van der Waals surface area contributed by atoms with Gasteiger partial charge in [0.1, 0.15) is 0 Å². The van der Waals surface area contributed by atoms with Gasteiger partial charge in [0, 0.05) is 31.6 Å². The number of benzene rings is 1. The molecule has 2 heterocycles. The molecule has 7 heteroatoms. The molecule has 2 N–H and O–H groups in total. The van der Waals surface area contributed by atoms with Crippen LogP contribution in [0.3, 0.4) is 0 Å². The summed E-state index contributed by atoms with van der Waals surface area (Å²) in [7, 11) is 6.06. The van der Waals surface area contributed by atoms with E-state index in [-0.39, 0.29) is 5.91 Å². The van der Waals surface area contributed by atoms with Crippen molar-refractivity contribution in [3.05, 3.63) is 23.9 Å². The van der Waals surface area contributed by atoms with Crippen molar-refractivity contribution in [3.8, 4) is 0 Å². The van der Waals surface area contributed by atoms with Crippen LogP contribution in [0.25, 0.3) is 21.9 Å². The number of hydrogen-bond acceptors (Lipinski definition) is 5. The molecular weight excluding hydrogens is 328 g/mol. The van der Waals surface area contributed by atoms with Crippen molar-refractivity contribution in [3.63, 3.8) is 0 Å². The summed E-state index contributed by atoms with van der Waals surface area (Å²) >= 11 is 0. The third-order valence-corrected chi connectivity index (χ3v) is 4.34. The first-order valence-electron chi connectivity index (χ1n) is 8.80. The summed E-state index contributed by atoms with van der Waals surface area (Å²) in [5, 5.41) is 13.0. The number of fused-ring (bicyclic) bond motifs is 2. The number of rotatable bonds is 6. The molecule has 0 aliphatic carbocycles. The number of anilines is 2. The fourth-order valence-corrected chi connectivity index (χ4v) is 3.22. The molecule has 1 aromatic carbocycles. The Morgan fingerprint density at radius 1 is 1.31 bits per heavy atom. The fraction of sp³-hybridized carbons (Fsp3) is 0.421. The zero-order chi connectivity index (χ0) is 18.8. The van der Waals surface area contributed by atoms with Gasteiger partial charge < -0.3 is 15.5 Å². The average molecular weight is 354 g/mol. The average Bonchev–Trinajstić information content (AvgIpc) is 2.84. The number of carbonyl (C=O) groups excluding carboxylic acids is 1. The van der Waals surface area contributed by atoms with E-state index < -0.39 is 0 Å². The second-order valence-electron chi connectivity index (χ2n) is 6.89. The number of pyridine rings is 1. The SMILES string of the molecule is CC(=O)Nc1ccc2nc3c(c(C)nn3C)c(NCCCN(C)C)c2c1. The Balaban J connectivity index is 2.11. The largest absolute Gasteiger partial charge is 0.384 e. The van der Waals surface area contributed by atoms with Crippen LogP contribution < -0.4 is 10.6 Å². The number of nitrogens with zero attached hydrogens (tertiary/aromatic N) is 4. The van der Waals surface area contributed by atoms with Gasteiger partial charge in [0.05, 0.1) is 22.3 Å². The van der Waals surface area contributed by atoms with E-state index >= 15 is 0 Å². The highest BCUT2D eigenvalue weighted by Crippen LogP contribution is 2.34. The molecule has 2 aromatic heterocycles. The second kappa shape index (κ2) is 7.29. The molecule has 0 spiro atoms. The van der Waals surface area contributed by atoms with Crippen LogP contribution >= 0.6 is 0 Å². The lowest BCUT2D eigenvalue weighted by Crippen LogP contribution is -2.16. The maximum absolute atomic E-state index is 11.4. The Labute approximate surface area is 153 Å². The van der Waals surface area contributed by atoms with Gasteiger partial charge in [0.15, 0.2) is 5.65 Å². The Morgan fingerprint density at radius 2 is 2.08 bits per heavy atom. The van der Waals surface area contributed by atoms with Crippen molar-refractivity contribution in [2.75, 3.05) is 37.8 Å². The standard InChI is InChI=1S/C19H26N6O/c1-12-17-18(20-9-6-10-24(3)4)15-11-14(21-13(2)26)7-8-16(15)22-19(17)25(5)23-12/h7-8,11H,6,9-10H2,1-5H3,(H,20,22)(H,21,26). The minimum Gasteiger partial charge on any atom is -0.384 e. The molecule has 0 unspecified atom stereocenters. The smallest absolute Gasteiger partial charge is 0.221 e. The normalized spacial score (nSPS) is 11.5. The van der Waals surface area contributed by atoms with Crippen LogP contribution in [0.15, 0.2) is 18.2 Å². The fourth-order valence-electron chi connectivity index (χ4n) is 3.22. The zero-order valence-corrected chi connectivity index (χ0v) is 16.1. The minimum atomic E-state index is -0.0866. The third-order valence-electron chi connectivity index (χ3n) is 4.34. The number of carbonyl (C=O) groups is 1. The molecule has 7 nitrogen and oxygen atoms in total. The van der Waals surface area contributed by atoms with Gasteiger partial charge in [-0.2, -0.15) is 5.10 Å². The molecule has 0 fully saturated rings. The maximum Gasteiger partial charge on any atom is 0.221 e. The number of aryl methyl sites for hydroxylation is 2. The van der Waals surface area contributed by atoms with Crippen LogP contribution in [-0.4, -0.2) is 52.8 Å². The molecule has 3 rings (SSSR count). The monoisotopic (exact) mass is 354 g/mol. The van der Waals surface area contributed by atoms with Crippen LogP contribution in [0, 0.1) is 6.92 Å². The van der Waals surface area contributed by atoms with Gasteiger partial charge in [-0.15, -0.1) is 0 Å². The highest BCUT2D eigenvalue weighted by atomic mass is 16.1. The quantitative estimate of drug-likeness (QED) is 0.666. The second-order valence-corrected chi connectivity index (χ2v) is 6.89. The maximum atomic E-state index is 11.4. The van der Waals surface area contributed by atoms with E-state index in [9.17, 15) is 4.79 Å². The molecule has 0 atom stereocenters. The van der Waals surface area contributed by atoms with Crippen LogP contribution in [0.4, 0.5) is 11.4 Å². The molecule has 0 radical (unpaired) electrons. The van der Waals surface area contributed by atoms with Gasteiger partial charge in [0.2, 0.25) is 5.91 Å². The van der Waals surface area contributed by atoms with E-state index in [1.165, 1.54) is 6.92 Å². The van der Waals surface area contributed by atoms with Crippen LogP contribution in [0.1, 0.15) is 19.0 Å². The Hall–Kier alpha value is -2.67. The van der Waals surface area contributed by atoms with Crippen LogP contribution in [-0.2, 0) is 11.8 Å².